The van der Waals surface area contributed by atoms with Gasteiger partial charge in [-0.1, -0.05) is 20.8 Å². The van der Waals surface area contributed by atoms with Crippen molar-refractivity contribution in [3.63, 3.8) is 0 Å². The highest BCUT2D eigenvalue weighted by Crippen LogP contribution is 2.24. The van der Waals surface area contributed by atoms with E-state index >= 15 is 0 Å². The average Bonchev–Trinajstić information content (AvgIpc) is 3.03. The Labute approximate surface area is 141 Å². The molecular weight excluding hydrogens is 308 g/mol. The van der Waals surface area contributed by atoms with Gasteiger partial charge in [0.1, 0.15) is 5.82 Å². The Morgan fingerprint density at radius 3 is 2.65 bits per heavy atom. The van der Waals surface area contributed by atoms with Crippen molar-refractivity contribution in [1.29, 1.82) is 0 Å². The zero-order chi connectivity index (χ0) is 16.8. The van der Waals surface area contributed by atoms with E-state index in [1.165, 1.54) is 0 Å². The molecule has 23 heavy (non-hydrogen) atoms. The molecule has 1 amide bonds. The van der Waals surface area contributed by atoms with Crippen molar-refractivity contribution in [2.45, 2.75) is 46.1 Å². The molecule has 2 aromatic rings. The highest BCUT2D eigenvalue weighted by Gasteiger charge is 2.13. The fourth-order valence-electron chi connectivity index (χ4n) is 2.01. The van der Waals surface area contributed by atoms with Gasteiger partial charge in [-0.15, -0.1) is 11.3 Å². The van der Waals surface area contributed by atoms with E-state index < -0.39 is 0 Å². The molecule has 0 bridgehead atoms. The number of thiazole rings is 1. The Hall–Kier alpha value is -1.95. The lowest BCUT2D eigenvalue weighted by Gasteiger charge is -2.12. The lowest BCUT2D eigenvalue weighted by molar-refractivity contribution is 0.0953. The first-order valence-corrected chi connectivity index (χ1v) is 8.85. The molecule has 5 nitrogen and oxygen atoms in total. The molecule has 2 aromatic heterocycles. The predicted octanol–water partition coefficient (Wildman–Crippen LogP) is 3.97. The van der Waals surface area contributed by atoms with Gasteiger partial charge < -0.3 is 10.6 Å². The van der Waals surface area contributed by atoms with Gasteiger partial charge in [-0.25, -0.2) is 9.97 Å². The van der Waals surface area contributed by atoms with Gasteiger partial charge in [-0.3, -0.25) is 4.79 Å². The maximum Gasteiger partial charge on any atom is 0.252 e. The summed E-state index contributed by atoms with van der Waals surface area (Å²) in [6.45, 7) is 9.05. The predicted molar refractivity (Wildman–Crippen MR) is 95.1 cm³/mol. The maximum absolute atomic E-state index is 11.8. The molecule has 6 heteroatoms. The Bertz CT molecular complexity index is 636. The van der Waals surface area contributed by atoms with Gasteiger partial charge >= 0.3 is 0 Å². The van der Waals surface area contributed by atoms with Gasteiger partial charge in [0, 0.05) is 24.0 Å². The molecule has 0 aliphatic carbocycles. The molecule has 0 aliphatic heterocycles. The third kappa shape index (κ3) is 4.76. The highest BCUT2D eigenvalue weighted by molar-refractivity contribution is 7.09. The molecule has 1 atom stereocenters. The van der Waals surface area contributed by atoms with Gasteiger partial charge in [0.25, 0.3) is 5.91 Å². The van der Waals surface area contributed by atoms with Crippen LogP contribution in [0.1, 0.15) is 67.1 Å². The molecule has 0 saturated heterocycles. The van der Waals surface area contributed by atoms with Crippen LogP contribution in [0.15, 0.2) is 23.7 Å². The minimum Gasteiger partial charge on any atom is -0.362 e. The first-order valence-electron chi connectivity index (χ1n) is 7.97. The van der Waals surface area contributed by atoms with E-state index in [0.29, 0.717) is 18.0 Å². The standard InChI is InChI=1S/C17H24N4OS/c1-5-8-18-16(22)13-6-7-15(19-9-13)20-12(4)14-10-23-17(21-14)11(2)3/h6-7,9-12H,5,8H2,1-4H3,(H,18,22)(H,19,20). The van der Waals surface area contributed by atoms with E-state index in [1.54, 1.807) is 23.6 Å². The van der Waals surface area contributed by atoms with Gasteiger partial charge in [0.15, 0.2) is 0 Å². The Balaban J connectivity index is 1.98. The zero-order valence-corrected chi connectivity index (χ0v) is 14.9. The van der Waals surface area contributed by atoms with Crippen LogP contribution in [-0.4, -0.2) is 22.4 Å². The largest absolute Gasteiger partial charge is 0.362 e. The zero-order valence-electron chi connectivity index (χ0n) is 14.1. The molecule has 1 unspecified atom stereocenters. The number of rotatable bonds is 7. The number of hydrogen-bond acceptors (Lipinski definition) is 5. The molecule has 2 heterocycles. The Morgan fingerprint density at radius 1 is 1.30 bits per heavy atom. The molecule has 0 radical (unpaired) electrons. The van der Waals surface area contributed by atoms with Crippen LogP contribution in [0.4, 0.5) is 5.82 Å². The van der Waals surface area contributed by atoms with Crippen LogP contribution >= 0.6 is 11.3 Å². The van der Waals surface area contributed by atoms with Crippen molar-refractivity contribution in [2.75, 3.05) is 11.9 Å². The number of nitrogens with zero attached hydrogens (tertiary/aromatic N) is 2. The summed E-state index contributed by atoms with van der Waals surface area (Å²) < 4.78 is 0. The lowest BCUT2D eigenvalue weighted by Crippen LogP contribution is -2.24. The summed E-state index contributed by atoms with van der Waals surface area (Å²) in [5.74, 6) is 1.10. The van der Waals surface area contributed by atoms with E-state index in [1.807, 2.05) is 13.0 Å². The number of anilines is 1. The number of carbonyl (C=O) groups is 1. The Kier molecular flexibility index (Phi) is 6.10. The first kappa shape index (κ1) is 17.4. The van der Waals surface area contributed by atoms with Crippen molar-refractivity contribution in [3.05, 3.63) is 40.0 Å². The second-order valence-electron chi connectivity index (χ2n) is 5.82. The van der Waals surface area contributed by atoms with Crippen molar-refractivity contribution in [1.82, 2.24) is 15.3 Å². The van der Waals surface area contributed by atoms with E-state index in [4.69, 9.17) is 0 Å². The van der Waals surface area contributed by atoms with Crippen LogP contribution in [0.2, 0.25) is 0 Å². The molecular formula is C17H24N4OS. The van der Waals surface area contributed by atoms with Crippen LogP contribution in [0.3, 0.4) is 0 Å². The monoisotopic (exact) mass is 332 g/mol. The molecule has 0 aliphatic rings. The minimum absolute atomic E-state index is 0.0750. The van der Waals surface area contributed by atoms with Gasteiger partial charge in [-0.05, 0) is 25.5 Å². The average molecular weight is 332 g/mol. The molecule has 0 spiro atoms. The normalized spacial score (nSPS) is 12.2. The first-order chi connectivity index (χ1) is 11.0. The number of hydrogen-bond donors (Lipinski definition) is 2. The van der Waals surface area contributed by atoms with E-state index in [9.17, 15) is 4.79 Å². The molecule has 0 fully saturated rings. The number of carbonyl (C=O) groups excluding carboxylic acids is 1. The highest BCUT2D eigenvalue weighted by atomic mass is 32.1. The SMILES string of the molecule is CCCNC(=O)c1ccc(NC(C)c2csc(C(C)C)n2)nc1. The summed E-state index contributed by atoms with van der Waals surface area (Å²) in [5, 5.41) is 9.39. The third-order valence-electron chi connectivity index (χ3n) is 3.40. The Morgan fingerprint density at radius 2 is 2.09 bits per heavy atom. The third-order valence-corrected chi connectivity index (χ3v) is 4.57. The van der Waals surface area contributed by atoms with Gasteiger partial charge in [0.2, 0.25) is 0 Å². The van der Waals surface area contributed by atoms with E-state index in [-0.39, 0.29) is 11.9 Å². The summed E-state index contributed by atoms with van der Waals surface area (Å²) in [5.41, 5.74) is 1.60. The maximum atomic E-state index is 11.8. The van der Waals surface area contributed by atoms with E-state index in [0.717, 1.165) is 22.9 Å². The van der Waals surface area contributed by atoms with Gasteiger partial charge in [0.05, 0.1) is 22.3 Å². The number of pyridine rings is 1. The number of amides is 1. The second-order valence-corrected chi connectivity index (χ2v) is 6.71. The molecule has 124 valence electrons. The van der Waals surface area contributed by atoms with Crippen molar-refractivity contribution in [3.8, 4) is 0 Å². The number of nitrogens with one attached hydrogen (secondary N) is 2. The minimum atomic E-state index is -0.0833. The summed E-state index contributed by atoms with van der Waals surface area (Å²) in [6.07, 6.45) is 2.52. The van der Waals surface area contributed by atoms with Crippen LogP contribution in [-0.2, 0) is 0 Å². The fraction of sp³-hybridized carbons (Fsp3) is 0.471. The quantitative estimate of drug-likeness (QED) is 0.805. The van der Waals surface area contributed by atoms with E-state index in [2.05, 4.69) is 46.8 Å². The summed E-state index contributed by atoms with van der Waals surface area (Å²) >= 11 is 1.69. The lowest BCUT2D eigenvalue weighted by atomic mass is 10.2. The van der Waals surface area contributed by atoms with Crippen LogP contribution in [0.25, 0.3) is 0 Å². The van der Waals surface area contributed by atoms with Crippen LogP contribution in [0.5, 0.6) is 0 Å². The van der Waals surface area contributed by atoms with Crippen LogP contribution in [0, 0.1) is 0 Å². The fourth-order valence-corrected chi connectivity index (χ4v) is 2.94. The molecule has 2 N–H and O–H groups in total. The summed E-state index contributed by atoms with van der Waals surface area (Å²) in [6, 6.07) is 3.69. The van der Waals surface area contributed by atoms with Crippen molar-refractivity contribution in [2.24, 2.45) is 0 Å². The van der Waals surface area contributed by atoms with Crippen molar-refractivity contribution >= 4 is 23.1 Å². The van der Waals surface area contributed by atoms with Crippen molar-refractivity contribution < 1.29 is 4.79 Å². The van der Waals surface area contributed by atoms with Gasteiger partial charge in [-0.2, -0.15) is 0 Å². The molecule has 0 aromatic carbocycles. The number of aromatic nitrogens is 2. The summed E-state index contributed by atoms with van der Waals surface area (Å²) in [4.78, 5) is 20.8. The summed E-state index contributed by atoms with van der Waals surface area (Å²) in [7, 11) is 0. The van der Waals surface area contributed by atoms with Crippen LogP contribution < -0.4 is 10.6 Å². The molecule has 2 rings (SSSR count). The topological polar surface area (TPSA) is 66.9 Å². The smallest absolute Gasteiger partial charge is 0.252 e. The second kappa shape index (κ2) is 8.06. The molecule has 0 saturated carbocycles.